The number of fused-ring (bicyclic) bond motifs is 1. The SMILES string of the molecule is C=C/C=C(/c1ccccc1C(C)(C)C)c1oc2ccccc2c1C. The first-order chi connectivity index (χ1) is 11.4. The second kappa shape index (κ2) is 6.16. The average molecular weight is 316 g/mol. The maximum absolute atomic E-state index is 6.22. The first-order valence-electron chi connectivity index (χ1n) is 8.34. The summed E-state index contributed by atoms with van der Waals surface area (Å²) in [7, 11) is 0. The second-order valence-electron chi connectivity index (χ2n) is 7.16. The van der Waals surface area contributed by atoms with Gasteiger partial charge in [0, 0.05) is 16.5 Å². The van der Waals surface area contributed by atoms with Gasteiger partial charge in [-0.25, -0.2) is 0 Å². The van der Waals surface area contributed by atoms with Crippen molar-refractivity contribution >= 4 is 16.5 Å². The highest BCUT2D eigenvalue weighted by Gasteiger charge is 2.22. The van der Waals surface area contributed by atoms with E-state index in [0.29, 0.717) is 0 Å². The summed E-state index contributed by atoms with van der Waals surface area (Å²) in [5.41, 5.74) is 5.74. The van der Waals surface area contributed by atoms with Crippen LogP contribution in [0.3, 0.4) is 0 Å². The normalized spacial score (nSPS) is 12.6. The summed E-state index contributed by atoms with van der Waals surface area (Å²) >= 11 is 0. The zero-order valence-electron chi connectivity index (χ0n) is 14.9. The highest BCUT2D eigenvalue weighted by molar-refractivity contribution is 5.91. The molecule has 0 radical (unpaired) electrons. The van der Waals surface area contributed by atoms with Crippen LogP contribution in [0, 0.1) is 6.92 Å². The van der Waals surface area contributed by atoms with Crippen LogP contribution in [0.15, 0.2) is 71.7 Å². The molecule has 3 aromatic rings. The standard InChI is InChI=1S/C23H24O/c1-6-11-19(18-13-7-9-14-20(18)23(3,4)5)22-16(2)17-12-8-10-15-21(17)24-22/h6-15H,1H2,2-5H3/b19-11-. The van der Waals surface area contributed by atoms with Crippen molar-refractivity contribution in [3.05, 3.63) is 89.7 Å². The topological polar surface area (TPSA) is 13.1 Å². The van der Waals surface area contributed by atoms with Gasteiger partial charge >= 0.3 is 0 Å². The second-order valence-corrected chi connectivity index (χ2v) is 7.16. The molecular formula is C23H24O. The molecule has 0 saturated carbocycles. The van der Waals surface area contributed by atoms with Crippen LogP contribution in [0.1, 0.15) is 43.2 Å². The molecule has 1 aromatic heterocycles. The quantitative estimate of drug-likeness (QED) is 0.493. The van der Waals surface area contributed by atoms with Gasteiger partial charge in [0.15, 0.2) is 0 Å². The third-order valence-corrected chi connectivity index (χ3v) is 4.40. The Labute approximate surface area is 144 Å². The number of hydrogen-bond donors (Lipinski definition) is 0. The van der Waals surface area contributed by atoms with Crippen molar-refractivity contribution in [2.24, 2.45) is 0 Å². The molecule has 1 heterocycles. The molecule has 2 aromatic carbocycles. The van der Waals surface area contributed by atoms with Gasteiger partial charge in [0.2, 0.25) is 0 Å². The zero-order valence-corrected chi connectivity index (χ0v) is 14.9. The number of aryl methyl sites for hydroxylation is 1. The molecule has 0 aliphatic rings. The lowest BCUT2D eigenvalue weighted by Gasteiger charge is -2.23. The van der Waals surface area contributed by atoms with Crippen LogP contribution in [0.2, 0.25) is 0 Å². The molecule has 24 heavy (non-hydrogen) atoms. The summed E-state index contributed by atoms with van der Waals surface area (Å²) in [5.74, 6) is 0.924. The number of hydrogen-bond acceptors (Lipinski definition) is 1. The number of para-hydroxylation sites is 1. The third-order valence-electron chi connectivity index (χ3n) is 4.40. The van der Waals surface area contributed by atoms with Crippen molar-refractivity contribution < 1.29 is 4.42 Å². The largest absolute Gasteiger partial charge is 0.456 e. The third kappa shape index (κ3) is 2.82. The van der Waals surface area contributed by atoms with E-state index in [1.54, 1.807) is 0 Å². The summed E-state index contributed by atoms with van der Waals surface area (Å²) in [6.45, 7) is 12.7. The van der Waals surface area contributed by atoms with Crippen LogP contribution >= 0.6 is 0 Å². The minimum atomic E-state index is 0.0524. The van der Waals surface area contributed by atoms with E-state index in [0.717, 1.165) is 22.3 Å². The Balaban J connectivity index is 2.28. The molecule has 0 saturated heterocycles. The zero-order chi connectivity index (χ0) is 17.3. The van der Waals surface area contributed by atoms with Gasteiger partial charge < -0.3 is 4.42 Å². The summed E-state index contributed by atoms with van der Waals surface area (Å²) in [4.78, 5) is 0. The highest BCUT2D eigenvalue weighted by atomic mass is 16.3. The number of rotatable bonds is 3. The monoisotopic (exact) mass is 316 g/mol. The van der Waals surface area contributed by atoms with Gasteiger partial charge in [-0.2, -0.15) is 0 Å². The average Bonchev–Trinajstić information content (AvgIpc) is 2.89. The lowest BCUT2D eigenvalue weighted by Crippen LogP contribution is -2.14. The fourth-order valence-corrected chi connectivity index (χ4v) is 3.21. The molecule has 0 fully saturated rings. The summed E-state index contributed by atoms with van der Waals surface area (Å²) < 4.78 is 6.22. The fraction of sp³-hybridized carbons (Fsp3) is 0.217. The van der Waals surface area contributed by atoms with Crippen molar-refractivity contribution in [2.75, 3.05) is 0 Å². The van der Waals surface area contributed by atoms with E-state index in [9.17, 15) is 0 Å². The molecule has 3 rings (SSSR count). The maximum Gasteiger partial charge on any atom is 0.138 e. The summed E-state index contributed by atoms with van der Waals surface area (Å²) in [6.07, 6.45) is 3.89. The molecule has 0 aliphatic heterocycles. The number of furan rings is 1. The van der Waals surface area contributed by atoms with E-state index in [2.05, 4.69) is 76.7 Å². The van der Waals surface area contributed by atoms with E-state index < -0.39 is 0 Å². The van der Waals surface area contributed by atoms with Gasteiger partial charge in [0.1, 0.15) is 11.3 Å². The molecule has 0 bridgehead atoms. The molecular weight excluding hydrogens is 292 g/mol. The van der Waals surface area contributed by atoms with Crippen LogP contribution in [0.25, 0.3) is 16.5 Å². The fourth-order valence-electron chi connectivity index (χ4n) is 3.21. The Kier molecular flexibility index (Phi) is 4.19. The van der Waals surface area contributed by atoms with Gasteiger partial charge in [-0.15, -0.1) is 0 Å². The first-order valence-corrected chi connectivity index (χ1v) is 8.34. The lowest BCUT2D eigenvalue weighted by atomic mass is 9.81. The molecule has 0 unspecified atom stereocenters. The molecule has 122 valence electrons. The Morgan fingerprint density at radius 2 is 1.67 bits per heavy atom. The van der Waals surface area contributed by atoms with Gasteiger partial charge in [0.05, 0.1) is 0 Å². The van der Waals surface area contributed by atoms with Crippen LogP contribution in [0.5, 0.6) is 0 Å². The van der Waals surface area contributed by atoms with Crippen molar-refractivity contribution in [1.29, 1.82) is 0 Å². The van der Waals surface area contributed by atoms with E-state index in [1.807, 2.05) is 18.2 Å². The smallest absolute Gasteiger partial charge is 0.138 e. The number of allylic oxidation sites excluding steroid dienone is 2. The van der Waals surface area contributed by atoms with Crippen LogP contribution < -0.4 is 0 Å². The molecule has 0 N–H and O–H groups in total. The highest BCUT2D eigenvalue weighted by Crippen LogP contribution is 2.37. The van der Waals surface area contributed by atoms with Crippen LogP contribution in [0.4, 0.5) is 0 Å². The van der Waals surface area contributed by atoms with Crippen molar-refractivity contribution in [3.63, 3.8) is 0 Å². The minimum Gasteiger partial charge on any atom is -0.456 e. The Morgan fingerprint density at radius 3 is 2.33 bits per heavy atom. The van der Waals surface area contributed by atoms with Gasteiger partial charge in [0.25, 0.3) is 0 Å². The van der Waals surface area contributed by atoms with Crippen molar-refractivity contribution in [1.82, 2.24) is 0 Å². The Bertz CT molecular complexity index is 917. The van der Waals surface area contributed by atoms with Crippen LogP contribution in [-0.2, 0) is 5.41 Å². The predicted octanol–water partition coefficient (Wildman–Crippen LogP) is 6.66. The summed E-state index contributed by atoms with van der Waals surface area (Å²) in [6, 6.07) is 16.7. The molecule has 0 spiro atoms. The molecule has 0 atom stereocenters. The van der Waals surface area contributed by atoms with Crippen molar-refractivity contribution in [3.8, 4) is 0 Å². The van der Waals surface area contributed by atoms with Gasteiger partial charge in [-0.1, -0.05) is 82.0 Å². The van der Waals surface area contributed by atoms with E-state index >= 15 is 0 Å². The maximum atomic E-state index is 6.22. The summed E-state index contributed by atoms with van der Waals surface area (Å²) in [5, 5.41) is 1.16. The first kappa shape index (κ1) is 16.3. The van der Waals surface area contributed by atoms with E-state index in [4.69, 9.17) is 4.42 Å². The van der Waals surface area contributed by atoms with E-state index in [-0.39, 0.29) is 5.41 Å². The van der Waals surface area contributed by atoms with Gasteiger partial charge in [-0.05, 0) is 29.5 Å². The minimum absolute atomic E-state index is 0.0524. The molecule has 1 heteroatoms. The molecule has 1 nitrogen and oxygen atoms in total. The Hall–Kier alpha value is -2.54. The lowest BCUT2D eigenvalue weighted by molar-refractivity contribution is 0.583. The van der Waals surface area contributed by atoms with E-state index in [1.165, 1.54) is 16.7 Å². The van der Waals surface area contributed by atoms with Crippen LogP contribution in [-0.4, -0.2) is 0 Å². The van der Waals surface area contributed by atoms with Gasteiger partial charge in [-0.3, -0.25) is 0 Å². The predicted molar refractivity (Wildman–Crippen MR) is 103 cm³/mol. The molecule has 0 amide bonds. The Morgan fingerprint density at radius 1 is 1.00 bits per heavy atom. The van der Waals surface area contributed by atoms with Crippen molar-refractivity contribution in [2.45, 2.75) is 33.1 Å². The number of benzene rings is 2. The molecule has 0 aliphatic carbocycles.